The first kappa shape index (κ1) is 17.5. The molecule has 134 valence electrons. The van der Waals surface area contributed by atoms with E-state index < -0.39 is 43.3 Å². The van der Waals surface area contributed by atoms with Crippen LogP contribution in [0.3, 0.4) is 0 Å². The van der Waals surface area contributed by atoms with Crippen LogP contribution >= 0.6 is 0 Å². The SMILES string of the molecule is N#C[C@@H]1CC(F)(F)CN1C(=O)CNC(=O)c1ccnc2c(N)cccc12. The zero-order valence-corrected chi connectivity index (χ0v) is 13.6. The van der Waals surface area contributed by atoms with E-state index in [4.69, 9.17) is 11.0 Å². The summed E-state index contributed by atoms with van der Waals surface area (Å²) in [6.45, 7) is -1.31. The van der Waals surface area contributed by atoms with Crippen LogP contribution in [0, 0.1) is 11.3 Å². The second-order valence-electron chi connectivity index (χ2n) is 6.01. The van der Waals surface area contributed by atoms with E-state index in [2.05, 4.69) is 10.3 Å². The van der Waals surface area contributed by atoms with E-state index in [1.54, 1.807) is 24.3 Å². The van der Waals surface area contributed by atoms with Gasteiger partial charge in [-0.05, 0) is 12.1 Å². The van der Waals surface area contributed by atoms with Crippen molar-refractivity contribution in [3.63, 3.8) is 0 Å². The molecule has 1 fully saturated rings. The molecule has 1 aromatic heterocycles. The zero-order valence-electron chi connectivity index (χ0n) is 13.6. The molecular weight excluding hydrogens is 344 g/mol. The lowest BCUT2D eigenvalue weighted by atomic mass is 10.1. The Morgan fingerprint density at radius 2 is 2.19 bits per heavy atom. The molecule has 1 atom stereocenters. The normalized spacial score (nSPS) is 18.5. The Balaban J connectivity index is 1.73. The Morgan fingerprint density at radius 1 is 1.42 bits per heavy atom. The molecule has 2 aromatic rings. The Morgan fingerprint density at radius 3 is 2.92 bits per heavy atom. The molecule has 3 N–H and O–H groups in total. The highest BCUT2D eigenvalue weighted by atomic mass is 19.3. The highest BCUT2D eigenvalue weighted by molar-refractivity contribution is 6.08. The molecule has 0 aliphatic carbocycles. The molecule has 0 spiro atoms. The van der Waals surface area contributed by atoms with Gasteiger partial charge in [-0.25, -0.2) is 8.78 Å². The first-order valence-electron chi connectivity index (χ1n) is 7.81. The topological polar surface area (TPSA) is 112 Å². The lowest BCUT2D eigenvalue weighted by Crippen LogP contribution is -2.43. The molecule has 1 saturated heterocycles. The van der Waals surface area contributed by atoms with E-state index in [0.29, 0.717) is 16.6 Å². The number of likely N-dealkylation sites (tertiary alicyclic amines) is 1. The van der Waals surface area contributed by atoms with Gasteiger partial charge in [0.2, 0.25) is 5.91 Å². The van der Waals surface area contributed by atoms with Crippen molar-refractivity contribution in [2.24, 2.45) is 0 Å². The number of carbonyl (C=O) groups excluding carboxylic acids is 2. The third kappa shape index (κ3) is 3.26. The summed E-state index contributed by atoms with van der Waals surface area (Å²) in [5.41, 5.74) is 6.95. The highest BCUT2D eigenvalue weighted by Crippen LogP contribution is 2.31. The molecule has 9 heteroatoms. The van der Waals surface area contributed by atoms with Crippen LogP contribution in [0.25, 0.3) is 10.9 Å². The maximum atomic E-state index is 13.4. The molecule has 3 rings (SSSR count). The average Bonchev–Trinajstić information content (AvgIpc) is 2.94. The van der Waals surface area contributed by atoms with E-state index in [1.807, 2.05) is 0 Å². The number of nitrogens with two attached hydrogens (primary N) is 1. The second-order valence-corrected chi connectivity index (χ2v) is 6.01. The van der Waals surface area contributed by atoms with Gasteiger partial charge in [-0.1, -0.05) is 12.1 Å². The van der Waals surface area contributed by atoms with Gasteiger partial charge in [0.1, 0.15) is 6.04 Å². The number of aromatic nitrogens is 1. The maximum absolute atomic E-state index is 13.4. The average molecular weight is 359 g/mol. The number of nitriles is 1. The molecule has 0 saturated carbocycles. The van der Waals surface area contributed by atoms with Crippen molar-refractivity contribution in [2.75, 3.05) is 18.8 Å². The molecule has 1 aliphatic heterocycles. The first-order valence-corrected chi connectivity index (χ1v) is 7.81. The number of benzene rings is 1. The van der Waals surface area contributed by atoms with Crippen LogP contribution < -0.4 is 11.1 Å². The zero-order chi connectivity index (χ0) is 18.9. The minimum absolute atomic E-state index is 0.263. The Labute approximate surface area is 147 Å². The van der Waals surface area contributed by atoms with Gasteiger partial charge >= 0.3 is 0 Å². The van der Waals surface area contributed by atoms with E-state index in [0.717, 1.165) is 4.90 Å². The van der Waals surface area contributed by atoms with Crippen molar-refractivity contribution in [1.82, 2.24) is 15.2 Å². The van der Waals surface area contributed by atoms with Crippen LogP contribution in [0.1, 0.15) is 16.8 Å². The van der Waals surface area contributed by atoms with E-state index in [-0.39, 0.29) is 5.56 Å². The molecule has 0 bridgehead atoms. The van der Waals surface area contributed by atoms with Crippen molar-refractivity contribution in [2.45, 2.75) is 18.4 Å². The van der Waals surface area contributed by atoms with Crippen molar-refractivity contribution < 1.29 is 18.4 Å². The third-order valence-corrected chi connectivity index (χ3v) is 4.19. The van der Waals surface area contributed by atoms with Crippen molar-refractivity contribution in [3.8, 4) is 6.07 Å². The minimum Gasteiger partial charge on any atom is -0.397 e. The summed E-state index contributed by atoms with van der Waals surface area (Å²) in [4.78, 5) is 29.5. The fourth-order valence-electron chi connectivity index (χ4n) is 2.94. The van der Waals surface area contributed by atoms with Crippen LogP contribution in [-0.2, 0) is 4.79 Å². The number of carbonyl (C=O) groups is 2. The standard InChI is InChI=1S/C17H15F2N5O2/c18-17(19)6-10(7-20)24(9-17)14(25)8-23-16(26)12-4-5-22-15-11(12)2-1-3-13(15)21/h1-5,10H,6,8-9,21H2,(H,23,26)/t10-/m0/s1. The molecule has 1 aromatic carbocycles. The second kappa shape index (κ2) is 6.55. The minimum atomic E-state index is -3.10. The molecule has 2 amide bonds. The lowest BCUT2D eigenvalue weighted by Gasteiger charge is -2.19. The van der Waals surface area contributed by atoms with Crippen molar-refractivity contribution >= 4 is 28.4 Å². The van der Waals surface area contributed by atoms with Gasteiger partial charge in [-0.15, -0.1) is 0 Å². The van der Waals surface area contributed by atoms with Gasteiger partial charge in [-0.2, -0.15) is 5.26 Å². The fraction of sp³-hybridized carbons (Fsp3) is 0.294. The smallest absolute Gasteiger partial charge is 0.268 e. The van der Waals surface area contributed by atoms with Gasteiger partial charge in [0, 0.05) is 18.0 Å². The largest absolute Gasteiger partial charge is 0.397 e. The lowest BCUT2D eigenvalue weighted by molar-refractivity contribution is -0.131. The van der Waals surface area contributed by atoms with Crippen LogP contribution in [0.5, 0.6) is 0 Å². The number of rotatable bonds is 3. The number of amides is 2. The number of hydrogen-bond donors (Lipinski definition) is 2. The molecule has 7 nitrogen and oxygen atoms in total. The molecule has 26 heavy (non-hydrogen) atoms. The number of nitrogen functional groups attached to an aromatic ring is 1. The van der Waals surface area contributed by atoms with E-state index in [9.17, 15) is 18.4 Å². The van der Waals surface area contributed by atoms with Gasteiger partial charge < -0.3 is 16.0 Å². The number of halogens is 2. The number of pyridine rings is 1. The predicted molar refractivity (Wildman–Crippen MR) is 89.2 cm³/mol. The maximum Gasteiger partial charge on any atom is 0.268 e. The summed E-state index contributed by atoms with van der Waals surface area (Å²) in [7, 11) is 0. The van der Waals surface area contributed by atoms with Crippen LogP contribution in [0.15, 0.2) is 30.5 Å². The summed E-state index contributed by atoms with van der Waals surface area (Å²) in [6, 6.07) is 6.96. The molecule has 2 heterocycles. The Bertz CT molecular complexity index is 925. The first-order chi connectivity index (χ1) is 12.3. The number of nitrogens with zero attached hydrogens (tertiary/aromatic N) is 3. The van der Waals surface area contributed by atoms with Gasteiger partial charge in [0.15, 0.2) is 0 Å². The highest BCUT2D eigenvalue weighted by Gasteiger charge is 2.47. The summed E-state index contributed by atoms with van der Waals surface area (Å²) in [6.07, 6.45) is 0.722. The Kier molecular flexibility index (Phi) is 4.42. The molecule has 0 unspecified atom stereocenters. The number of hydrogen-bond acceptors (Lipinski definition) is 5. The summed E-state index contributed by atoms with van der Waals surface area (Å²) in [5, 5.41) is 11.9. The fourth-order valence-corrected chi connectivity index (χ4v) is 2.94. The molecule has 0 radical (unpaired) electrons. The summed E-state index contributed by atoms with van der Waals surface area (Å²) in [5.74, 6) is -4.39. The summed E-state index contributed by atoms with van der Waals surface area (Å²) >= 11 is 0. The van der Waals surface area contributed by atoms with Crippen LogP contribution in [0.2, 0.25) is 0 Å². The Hall–Kier alpha value is -3.28. The predicted octanol–water partition coefficient (Wildman–Crippen LogP) is 1.31. The number of fused-ring (bicyclic) bond motifs is 1. The van der Waals surface area contributed by atoms with Gasteiger partial charge in [0.25, 0.3) is 11.8 Å². The van der Waals surface area contributed by atoms with Crippen molar-refractivity contribution in [3.05, 3.63) is 36.0 Å². The van der Waals surface area contributed by atoms with Gasteiger partial charge in [-0.3, -0.25) is 14.6 Å². The quantitative estimate of drug-likeness (QED) is 0.803. The van der Waals surface area contributed by atoms with Gasteiger partial charge in [0.05, 0.1) is 35.9 Å². The number of alkyl halides is 2. The number of nitrogens with one attached hydrogen (secondary N) is 1. The van der Waals surface area contributed by atoms with E-state index >= 15 is 0 Å². The van der Waals surface area contributed by atoms with E-state index in [1.165, 1.54) is 12.3 Å². The number of para-hydroxylation sites is 1. The molecular formula is C17H15F2N5O2. The monoisotopic (exact) mass is 359 g/mol. The van der Waals surface area contributed by atoms with Crippen LogP contribution in [-0.4, -0.2) is 46.8 Å². The molecule has 1 aliphatic rings. The van der Waals surface area contributed by atoms with Crippen LogP contribution in [0.4, 0.5) is 14.5 Å². The number of anilines is 1. The van der Waals surface area contributed by atoms with Crippen molar-refractivity contribution in [1.29, 1.82) is 5.26 Å². The third-order valence-electron chi connectivity index (χ3n) is 4.19. The summed E-state index contributed by atoms with van der Waals surface area (Å²) < 4.78 is 26.8.